The molecule has 0 spiro atoms. The molecule has 0 radical (unpaired) electrons. The second-order valence-corrected chi connectivity index (χ2v) is 6.96. The van der Waals surface area contributed by atoms with E-state index in [1.165, 1.54) is 0 Å². The molecule has 2 unspecified atom stereocenters. The number of nitrogens with zero attached hydrogens (tertiary/aromatic N) is 1. The van der Waals surface area contributed by atoms with Gasteiger partial charge in [0.05, 0.1) is 11.1 Å². The Bertz CT molecular complexity index is 402. The second kappa shape index (κ2) is 4.34. The van der Waals surface area contributed by atoms with E-state index in [4.69, 9.17) is 5.73 Å². The Labute approximate surface area is 107 Å². The van der Waals surface area contributed by atoms with E-state index >= 15 is 0 Å². The lowest BCUT2D eigenvalue weighted by molar-refractivity contribution is -0.00466. The predicted octanol–water partition coefficient (Wildman–Crippen LogP) is 2.12. The molecule has 1 fully saturated rings. The van der Waals surface area contributed by atoms with E-state index in [2.05, 4.69) is 24.2 Å². The summed E-state index contributed by atoms with van der Waals surface area (Å²) in [4.78, 5) is 4.50. The maximum Gasteiger partial charge on any atom is 0.0935 e. The number of aromatic nitrogens is 1. The van der Waals surface area contributed by atoms with Crippen LogP contribution in [-0.4, -0.2) is 22.7 Å². The molecule has 96 valence electrons. The minimum absolute atomic E-state index is 0.0221. The fraction of sp³-hybridized carbons (Fsp3) is 0.769. The molecule has 1 saturated carbocycles. The van der Waals surface area contributed by atoms with Crippen LogP contribution < -0.4 is 5.73 Å². The minimum Gasteiger partial charge on any atom is -0.392 e. The molecule has 4 heteroatoms. The smallest absolute Gasteiger partial charge is 0.0935 e. The maximum absolute atomic E-state index is 10.5. The molecule has 1 aliphatic carbocycles. The molecule has 3 N–H and O–H groups in total. The van der Waals surface area contributed by atoms with Crippen molar-refractivity contribution in [3.63, 3.8) is 0 Å². The van der Waals surface area contributed by atoms with Crippen LogP contribution >= 0.6 is 11.3 Å². The van der Waals surface area contributed by atoms with Crippen LogP contribution in [0, 0.1) is 17.8 Å². The third-order valence-corrected chi connectivity index (χ3v) is 5.13. The molecule has 3 nitrogen and oxygen atoms in total. The largest absolute Gasteiger partial charge is 0.392 e. The van der Waals surface area contributed by atoms with Crippen molar-refractivity contribution in [2.75, 3.05) is 6.54 Å². The zero-order valence-electron chi connectivity index (χ0n) is 10.9. The van der Waals surface area contributed by atoms with Gasteiger partial charge in [0.15, 0.2) is 0 Å². The first-order chi connectivity index (χ1) is 7.89. The molecule has 1 heterocycles. The number of nitrogens with two attached hydrogens (primary N) is 1. The van der Waals surface area contributed by atoms with Crippen LogP contribution in [0.3, 0.4) is 0 Å². The van der Waals surface area contributed by atoms with E-state index in [-0.39, 0.29) is 16.9 Å². The van der Waals surface area contributed by atoms with Gasteiger partial charge in [-0.2, -0.15) is 0 Å². The van der Waals surface area contributed by atoms with Crippen LogP contribution in [0.2, 0.25) is 0 Å². The Morgan fingerprint density at radius 2 is 2.24 bits per heavy atom. The van der Waals surface area contributed by atoms with Gasteiger partial charge in [-0.1, -0.05) is 13.8 Å². The molecular formula is C13H22N2OS. The predicted molar refractivity (Wildman–Crippen MR) is 71.1 cm³/mol. The van der Waals surface area contributed by atoms with Crippen molar-refractivity contribution in [3.05, 3.63) is 16.1 Å². The van der Waals surface area contributed by atoms with Gasteiger partial charge in [0.1, 0.15) is 0 Å². The highest BCUT2D eigenvalue weighted by atomic mass is 32.1. The number of aliphatic hydroxyl groups excluding tert-OH is 1. The molecule has 0 bridgehead atoms. The van der Waals surface area contributed by atoms with Gasteiger partial charge in [-0.05, 0) is 25.2 Å². The third kappa shape index (κ3) is 2.26. The highest BCUT2D eigenvalue weighted by Gasteiger charge is 2.51. The molecular weight excluding hydrogens is 232 g/mol. The molecule has 1 aliphatic rings. The van der Waals surface area contributed by atoms with Crippen molar-refractivity contribution in [1.29, 1.82) is 0 Å². The summed E-state index contributed by atoms with van der Waals surface area (Å²) in [6.07, 6.45) is 2.52. The summed E-state index contributed by atoms with van der Waals surface area (Å²) in [5.74, 6) is 0. The van der Waals surface area contributed by atoms with Crippen LogP contribution in [0.5, 0.6) is 0 Å². The lowest BCUT2D eigenvalue weighted by Crippen LogP contribution is -2.44. The summed E-state index contributed by atoms with van der Waals surface area (Å²) in [5, 5.41) is 13.7. The van der Waals surface area contributed by atoms with Gasteiger partial charge >= 0.3 is 0 Å². The Morgan fingerprint density at radius 1 is 1.53 bits per heavy atom. The van der Waals surface area contributed by atoms with Crippen LogP contribution in [0.1, 0.15) is 37.4 Å². The van der Waals surface area contributed by atoms with Gasteiger partial charge in [0, 0.05) is 29.5 Å². The monoisotopic (exact) mass is 254 g/mol. The zero-order valence-corrected chi connectivity index (χ0v) is 11.7. The molecule has 2 atom stereocenters. The fourth-order valence-electron chi connectivity index (χ4n) is 2.93. The van der Waals surface area contributed by atoms with Crippen molar-refractivity contribution in [3.8, 4) is 0 Å². The first kappa shape index (κ1) is 13.0. The SMILES string of the molecule is Cc1csc(CC2(CN)CCC(C)(C)C2O)n1. The van der Waals surface area contributed by atoms with Crippen molar-refractivity contribution in [2.45, 2.75) is 46.1 Å². The highest BCUT2D eigenvalue weighted by Crippen LogP contribution is 2.50. The van der Waals surface area contributed by atoms with E-state index in [0.717, 1.165) is 30.0 Å². The Balaban J connectivity index is 2.21. The Hall–Kier alpha value is -0.450. The second-order valence-electron chi connectivity index (χ2n) is 6.02. The number of rotatable bonds is 3. The van der Waals surface area contributed by atoms with E-state index in [0.29, 0.717) is 6.54 Å². The molecule has 0 aliphatic heterocycles. The molecule has 0 amide bonds. The first-order valence-corrected chi connectivity index (χ1v) is 7.07. The molecule has 17 heavy (non-hydrogen) atoms. The number of hydrogen-bond donors (Lipinski definition) is 2. The number of aryl methyl sites for hydroxylation is 1. The molecule has 1 aromatic heterocycles. The van der Waals surface area contributed by atoms with Crippen LogP contribution in [0.4, 0.5) is 0 Å². The normalized spacial score (nSPS) is 31.9. The van der Waals surface area contributed by atoms with E-state index in [1.54, 1.807) is 11.3 Å². The lowest BCUT2D eigenvalue weighted by atomic mass is 9.76. The summed E-state index contributed by atoms with van der Waals surface area (Å²) in [6.45, 7) is 6.80. The fourth-order valence-corrected chi connectivity index (χ4v) is 3.86. The van der Waals surface area contributed by atoms with Crippen molar-refractivity contribution >= 4 is 11.3 Å². The maximum atomic E-state index is 10.5. The van der Waals surface area contributed by atoms with Crippen molar-refractivity contribution in [2.24, 2.45) is 16.6 Å². The van der Waals surface area contributed by atoms with E-state index < -0.39 is 0 Å². The van der Waals surface area contributed by atoms with Crippen LogP contribution in [0.15, 0.2) is 5.38 Å². The molecule has 0 saturated heterocycles. The number of aliphatic hydroxyl groups is 1. The summed E-state index contributed by atoms with van der Waals surface area (Å²) in [5.41, 5.74) is 6.82. The lowest BCUT2D eigenvalue weighted by Gasteiger charge is -2.35. The summed E-state index contributed by atoms with van der Waals surface area (Å²) in [7, 11) is 0. The summed E-state index contributed by atoms with van der Waals surface area (Å²) in [6, 6.07) is 0. The topological polar surface area (TPSA) is 59.1 Å². The Kier molecular flexibility index (Phi) is 3.31. The van der Waals surface area contributed by atoms with Crippen molar-refractivity contribution < 1.29 is 5.11 Å². The standard InChI is InChI=1S/C13H22N2OS/c1-9-7-17-10(15-9)6-13(8-14)5-4-12(2,3)11(13)16/h7,11,16H,4-6,8,14H2,1-3H3. The minimum atomic E-state index is -0.329. The Morgan fingerprint density at radius 3 is 2.65 bits per heavy atom. The van der Waals surface area contributed by atoms with Crippen LogP contribution in [-0.2, 0) is 6.42 Å². The quantitative estimate of drug-likeness (QED) is 0.868. The highest BCUT2D eigenvalue weighted by molar-refractivity contribution is 7.09. The summed E-state index contributed by atoms with van der Waals surface area (Å²) < 4.78 is 0. The third-order valence-electron chi connectivity index (χ3n) is 4.16. The molecule has 0 aromatic carbocycles. The van der Waals surface area contributed by atoms with Gasteiger partial charge in [-0.15, -0.1) is 11.3 Å². The number of thiazole rings is 1. The van der Waals surface area contributed by atoms with Gasteiger partial charge in [0.2, 0.25) is 0 Å². The van der Waals surface area contributed by atoms with Crippen LogP contribution in [0.25, 0.3) is 0 Å². The average Bonchev–Trinajstić information content (AvgIpc) is 2.77. The first-order valence-electron chi connectivity index (χ1n) is 6.19. The van der Waals surface area contributed by atoms with Gasteiger partial charge < -0.3 is 10.8 Å². The number of hydrogen-bond acceptors (Lipinski definition) is 4. The van der Waals surface area contributed by atoms with Gasteiger partial charge in [-0.3, -0.25) is 0 Å². The molecule has 2 rings (SSSR count). The van der Waals surface area contributed by atoms with Gasteiger partial charge in [0.25, 0.3) is 0 Å². The summed E-state index contributed by atoms with van der Waals surface area (Å²) >= 11 is 1.67. The van der Waals surface area contributed by atoms with E-state index in [9.17, 15) is 5.11 Å². The van der Waals surface area contributed by atoms with E-state index in [1.807, 2.05) is 6.92 Å². The molecule has 1 aromatic rings. The average molecular weight is 254 g/mol. The van der Waals surface area contributed by atoms with Gasteiger partial charge in [-0.25, -0.2) is 4.98 Å². The van der Waals surface area contributed by atoms with Crippen molar-refractivity contribution in [1.82, 2.24) is 4.98 Å². The zero-order chi connectivity index (χ0) is 12.7.